The van der Waals surface area contributed by atoms with E-state index in [1.54, 1.807) is 6.07 Å². The fourth-order valence-corrected chi connectivity index (χ4v) is 2.01. The van der Waals surface area contributed by atoms with Crippen molar-refractivity contribution in [1.29, 1.82) is 0 Å². The molecule has 82 valence electrons. The molecule has 0 fully saturated rings. The smallest absolute Gasteiger partial charge is 0.265 e. The molecular weight excluding hydrogens is 202 g/mol. The molecule has 0 aliphatic carbocycles. The standard InChI is InChI=1S/C13H13NO2/c1-8(2)12-10-6-4-5-7-11(10)14(9(3)15)13(12)16/h4-7H,1-3H3. The Labute approximate surface area is 94.4 Å². The third-order valence-electron chi connectivity index (χ3n) is 2.65. The highest BCUT2D eigenvalue weighted by Gasteiger charge is 2.34. The molecule has 0 aromatic heterocycles. The van der Waals surface area contributed by atoms with Crippen LogP contribution in [-0.2, 0) is 9.59 Å². The number of imide groups is 1. The number of para-hydroxylation sites is 1. The van der Waals surface area contributed by atoms with Gasteiger partial charge in [0.05, 0.1) is 5.69 Å². The average molecular weight is 215 g/mol. The van der Waals surface area contributed by atoms with Crippen molar-refractivity contribution in [2.45, 2.75) is 20.8 Å². The SMILES string of the molecule is CC(=O)N1C(=O)C(=C(C)C)c2ccccc21. The summed E-state index contributed by atoms with van der Waals surface area (Å²) in [6.45, 7) is 5.17. The van der Waals surface area contributed by atoms with E-state index in [2.05, 4.69) is 0 Å². The molecule has 0 spiro atoms. The summed E-state index contributed by atoms with van der Waals surface area (Å²) in [6, 6.07) is 7.37. The molecule has 1 aliphatic heterocycles. The van der Waals surface area contributed by atoms with E-state index in [0.717, 1.165) is 11.1 Å². The van der Waals surface area contributed by atoms with E-state index < -0.39 is 0 Å². The number of hydrogen-bond acceptors (Lipinski definition) is 2. The van der Waals surface area contributed by atoms with Gasteiger partial charge >= 0.3 is 0 Å². The zero-order valence-corrected chi connectivity index (χ0v) is 9.57. The maximum atomic E-state index is 12.1. The Morgan fingerprint density at radius 3 is 2.31 bits per heavy atom. The summed E-state index contributed by atoms with van der Waals surface area (Å²) in [5, 5.41) is 0. The first-order valence-corrected chi connectivity index (χ1v) is 5.16. The molecular formula is C13H13NO2. The Morgan fingerprint density at radius 1 is 1.12 bits per heavy atom. The quantitative estimate of drug-likeness (QED) is 0.623. The van der Waals surface area contributed by atoms with E-state index in [1.165, 1.54) is 11.8 Å². The summed E-state index contributed by atoms with van der Waals surface area (Å²) in [5.41, 5.74) is 3.12. The van der Waals surface area contributed by atoms with Crippen LogP contribution in [0.5, 0.6) is 0 Å². The van der Waals surface area contributed by atoms with Crippen LogP contribution in [-0.4, -0.2) is 11.8 Å². The van der Waals surface area contributed by atoms with Crippen LogP contribution in [0.25, 0.3) is 5.57 Å². The van der Waals surface area contributed by atoms with E-state index in [-0.39, 0.29) is 11.8 Å². The lowest BCUT2D eigenvalue weighted by molar-refractivity contribution is -0.122. The van der Waals surface area contributed by atoms with Gasteiger partial charge in [-0.05, 0) is 19.9 Å². The van der Waals surface area contributed by atoms with E-state index in [4.69, 9.17) is 0 Å². The van der Waals surface area contributed by atoms with Crippen molar-refractivity contribution in [3.05, 3.63) is 35.4 Å². The van der Waals surface area contributed by atoms with Gasteiger partial charge in [-0.25, -0.2) is 4.90 Å². The largest absolute Gasteiger partial charge is 0.274 e. The first-order valence-electron chi connectivity index (χ1n) is 5.16. The molecule has 0 saturated carbocycles. The van der Waals surface area contributed by atoms with Crippen LogP contribution in [0, 0.1) is 0 Å². The maximum Gasteiger partial charge on any atom is 0.265 e. The third kappa shape index (κ3) is 1.36. The number of carbonyl (C=O) groups excluding carboxylic acids is 2. The molecule has 1 aromatic carbocycles. The second kappa shape index (κ2) is 3.59. The van der Waals surface area contributed by atoms with Crippen LogP contribution in [0.15, 0.2) is 29.8 Å². The van der Waals surface area contributed by atoms with Gasteiger partial charge in [0.15, 0.2) is 0 Å². The van der Waals surface area contributed by atoms with Crippen LogP contribution in [0.3, 0.4) is 0 Å². The van der Waals surface area contributed by atoms with Gasteiger partial charge < -0.3 is 0 Å². The maximum absolute atomic E-state index is 12.1. The Bertz CT molecular complexity index is 510. The van der Waals surface area contributed by atoms with Gasteiger partial charge in [-0.3, -0.25) is 9.59 Å². The Balaban J connectivity index is 2.72. The third-order valence-corrected chi connectivity index (χ3v) is 2.65. The fraction of sp³-hybridized carbons (Fsp3) is 0.231. The molecule has 0 atom stereocenters. The zero-order chi connectivity index (χ0) is 11.9. The predicted octanol–water partition coefficient (Wildman–Crippen LogP) is 2.37. The number of carbonyl (C=O) groups is 2. The Morgan fingerprint density at radius 2 is 1.75 bits per heavy atom. The number of rotatable bonds is 0. The highest BCUT2D eigenvalue weighted by atomic mass is 16.2. The van der Waals surface area contributed by atoms with E-state index in [0.29, 0.717) is 11.3 Å². The molecule has 2 rings (SSSR count). The lowest BCUT2D eigenvalue weighted by Gasteiger charge is -2.11. The lowest BCUT2D eigenvalue weighted by Crippen LogP contribution is -2.31. The van der Waals surface area contributed by atoms with Gasteiger partial charge in [-0.2, -0.15) is 0 Å². The highest BCUT2D eigenvalue weighted by Crippen LogP contribution is 2.37. The number of benzene rings is 1. The number of hydrogen-bond donors (Lipinski definition) is 0. The van der Waals surface area contributed by atoms with Crippen LogP contribution < -0.4 is 4.90 Å². The average Bonchev–Trinajstić information content (AvgIpc) is 2.49. The Kier molecular flexibility index (Phi) is 2.38. The van der Waals surface area contributed by atoms with Crippen LogP contribution in [0.1, 0.15) is 26.3 Å². The van der Waals surface area contributed by atoms with Crippen molar-refractivity contribution in [1.82, 2.24) is 0 Å². The van der Waals surface area contributed by atoms with Gasteiger partial charge in [0.25, 0.3) is 5.91 Å². The number of amides is 2. The lowest BCUT2D eigenvalue weighted by atomic mass is 10.0. The summed E-state index contributed by atoms with van der Waals surface area (Å²) in [5.74, 6) is -0.456. The summed E-state index contributed by atoms with van der Waals surface area (Å²) in [7, 11) is 0. The molecule has 0 saturated heterocycles. The second-order valence-corrected chi connectivity index (χ2v) is 4.05. The summed E-state index contributed by atoms with van der Waals surface area (Å²) >= 11 is 0. The minimum Gasteiger partial charge on any atom is -0.274 e. The molecule has 1 aliphatic rings. The van der Waals surface area contributed by atoms with Crippen LogP contribution in [0.4, 0.5) is 5.69 Å². The van der Waals surface area contributed by atoms with Crippen molar-refractivity contribution >= 4 is 23.1 Å². The van der Waals surface area contributed by atoms with Gasteiger partial charge in [-0.15, -0.1) is 0 Å². The van der Waals surface area contributed by atoms with Crippen molar-refractivity contribution in [2.75, 3.05) is 4.90 Å². The zero-order valence-electron chi connectivity index (χ0n) is 9.57. The van der Waals surface area contributed by atoms with Crippen molar-refractivity contribution in [2.24, 2.45) is 0 Å². The van der Waals surface area contributed by atoms with Gasteiger partial charge in [0.1, 0.15) is 0 Å². The topological polar surface area (TPSA) is 37.4 Å². The molecule has 0 N–H and O–H groups in total. The van der Waals surface area contributed by atoms with Crippen molar-refractivity contribution in [3.8, 4) is 0 Å². The summed E-state index contributed by atoms with van der Waals surface area (Å²) in [6.07, 6.45) is 0. The first kappa shape index (κ1) is 10.6. The minimum atomic E-state index is -0.242. The van der Waals surface area contributed by atoms with Crippen molar-refractivity contribution < 1.29 is 9.59 Å². The molecule has 0 bridgehead atoms. The molecule has 3 heteroatoms. The van der Waals surface area contributed by atoms with E-state index in [9.17, 15) is 9.59 Å². The molecule has 1 aromatic rings. The molecule has 3 nitrogen and oxygen atoms in total. The van der Waals surface area contributed by atoms with Gasteiger partial charge in [0, 0.05) is 18.1 Å². The van der Waals surface area contributed by atoms with Gasteiger partial charge in [0.2, 0.25) is 5.91 Å². The first-order chi connectivity index (χ1) is 7.54. The molecule has 16 heavy (non-hydrogen) atoms. The number of allylic oxidation sites excluding steroid dienone is 1. The fourth-order valence-electron chi connectivity index (χ4n) is 2.01. The molecule has 1 heterocycles. The molecule has 2 amide bonds. The van der Waals surface area contributed by atoms with Crippen LogP contribution >= 0.6 is 0 Å². The van der Waals surface area contributed by atoms with Crippen LogP contribution in [0.2, 0.25) is 0 Å². The summed E-state index contributed by atoms with van der Waals surface area (Å²) < 4.78 is 0. The Hall–Kier alpha value is -1.90. The summed E-state index contributed by atoms with van der Waals surface area (Å²) in [4.78, 5) is 24.8. The van der Waals surface area contributed by atoms with Gasteiger partial charge in [-0.1, -0.05) is 23.8 Å². The normalized spacial score (nSPS) is 14.1. The van der Waals surface area contributed by atoms with E-state index in [1.807, 2.05) is 32.0 Å². The minimum absolute atomic E-state index is 0.214. The predicted molar refractivity (Wildman–Crippen MR) is 62.9 cm³/mol. The molecule has 0 unspecified atom stereocenters. The van der Waals surface area contributed by atoms with Crippen molar-refractivity contribution in [3.63, 3.8) is 0 Å². The second-order valence-electron chi connectivity index (χ2n) is 4.05. The molecule has 0 radical (unpaired) electrons. The monoisotopic (exact) mass is 215 g/mol. The highest BCUT2D eigenvalue weighted by molar-refractivity contribution is 6.39. The number of nitrogens with zero attached hydrogens (tertiary/aromatic N) is 1. The number of fused-ring (bicyclic) bond motifs is 1. The van der Waals surface area contributed by atoms with E-state index >= 15 is 0 Å². The number of anilines is 1.